The molecule has 6 nitrogen and oxygen atoms in total. The van der Waals surface area contributed by atoms with Gasteiger partial charge in [0.1, 0.15) is 0 Å². The van der Waals surface area contributed by atoms with E-state index in [1.54, 1.807) is 6.20 Å². The monoisotopic (exact) mass is 280 g/mol. The van der Waals surface area contributed by atoms with Gasteiger partial charge in [0.05, 0.1) is 18.4 Å². The van der Waals surface area contributed by atoms with E-state index < -0.39 is 0 Å². The SMILES string of the molecule is Cc1c(C(=O)NCCOCC2CC2)cnn1CCCN. The summed E-state index contributed by atoms with van der Waals surface area (Å²) in [5.41, 5.74) is 6.99. The van der Waals surface area contributed by atoms with Gasteiger partial charge in [-0.3, -0.25) is 9.48 Å². The van der Waals surface area contributed by atoms with Gasteiger partial charge >= 0.3 is 0 Å². The Morgan fingerprint density at radius 1 is 1.60 bits per heavy atom. The zero-order valence-corrected chi connectivity index (χ0v) is 12.1. The molecular formula is C14H24N4O2. The minimum absolute atomic E-state index is 0.0866. The maximum absolute atomic E-state index is 12.0. The van der Waals surface area contributed by atoms with Crippen LogP contribution in [0.5, 0.6) is 0 Å². The Kier molecular flexibility index (Phi) is 5.55. The van der Waals surface area contributed by atoms with Crippen molar-refractivity contribution in [2.24, 2.45) is 11.7 Å². The first kappa shape index (κ1) is 15.0. The Balaban J connectivity index is 1.71. The molecule has 0 bridgehead atoms. The molecule has 1 fully saturated rings. The van der Waals surface area contributed by atoms with Gasteiger partial charge in [-0.25, -0.2) is 0 Å². The molecule has 20 heavy (non-hydrogen) atoms. The molecule has 1 heterocycles. The number of hydrogen-bond donors (Lipinski definition) is 2. The van der Waals surface area contributed by atoms with Crippen molar-refractivity contribution in [3.63, 3.8) is 0 Å². The second-order valence-electron chi connectivity index (χ2n) is 5.28. The molecule has 1 aromatic heterocycles. The van der Waals surface area contributed by atoms with Crippen LogP contribution in [0.2, 0.25) is 0 Å². The van der Waals surface area contributed by atoms with E-state index in [4.69, 9.17) is 10.5 Å². The van der Waals surface area contributed by atoms with Crippen molar-refractivity contribution in [3.05, 3.63) is 17.5 Å². The lowest BCUT2D eigenvalue weighted by molar-refractivity contribution is 0.0906. The van der Waals surface area contributed by atoms with E-state index in [1.165, 1.54) is 12.8 Å². The number of rotatable bonds is 9. The molecule has 0 unspecified atom stereocenters. The van der Waals surface area contributed by atoms with Crippen LogP contribution in [0.4, 0.5) is 0 Å². The first-order valence-electron chi connectivity index (χ1n) is 7.30. The summed E-state index contributed by atoms with van der Waals surface area (Å²) in [6.07, 6.45) is 5.05. The summed E-state index contributed by atoms with van der Waals surface area (Å²) in [4.78, 5) is 12.0. The third kappa shape index (κ3) is 4.31. The topological polar surface area (TPSA) is 82.2 Å². The van der Waals surface area contributed by atoms with E-state index in [0.717, 1.165) is 31.2 Å². The number of hydrogen-bond acceptors (Lipinski definition) is 4. The molecule has 0 aromatic carbocycles. The van der Waals surface area contributed by atoms with E-state index in [-0.39, 0.29) is 5.91 Å². The first-order chi connectivity index (χ1) is 9.72. The van der Waals surface area contributed by atoms with E-state index in [0.29, 0.717) is 25.3 Å². The molecule has 1 aliphatic carbocycles. The van der Waals surface area contributed by atoms with Crippen LogP contribution in [0.1, 0.15) is 35.3 Å². The standard InChI is InChI=1S/C14H24N4O2/c1-11-13(9-17-18(11)7-2-5-15)14(19)16-6-8-20-10-12-3-4-12/h9,12H,2-8,10,15H2,1H3,(H,16,19). The summed E-state index contributed by atoms with van der Waals surface area (Å²) in [6.45, 7) is 5.22. The van der Waals surface area contributed by atoms with E-state index >= 15 is 0 Å². The van der Waals surface area contributed by atoms with Crippen molar-refractivity contribution >= 4 is 5.91 Å². The molecule has 6 heteroatoms. The Bertz CT molecular complexity index is 440. The maximum atomic E-state index is 12.0. The number of carbonyl (C=O) groups excluding carboxylic acids is 1. The normalized spacial score (nSPS) is 14.5. The van der Waals surface area contributed by atoms with Gasteiger partial charge in [-0.2, -0.15) is 5.10 Å². The molecular weight excluding hydrogens is 256 g/mol. The number of aryl methyl sites for hydroxylation is 1. The van der Waals surface area contributed by atoms with E-state index in [2.05, 4.69) is 10.4 Å². The molecule has 0 radical (unpaired) electrons. The second kappa shape index (κ2) is 7.40. The van der Waals surface area contributed by atoms with Gasteiger partial charge in [-0.1, -0.05) is 0 Å². The van der Waals surface area contributed by atoms with Crippen LogP contribution in [0.3, 0.4) is 0 Å². The molecule has 1 saturated carbocycles. The Hall–Kier alpha value is -1.40. The quantitative estimate of drug-likeness (QED) is 0.652. The molecule has 0 saturated heterocycles. The van der Waals surface area contributed by atoms with Crippen LogP contribution in [-0.4, -0.2) is 42.0 Å². The Morgan fingerprint density at radius 2 is 2.40 bits per heavy atom. The predicted octanol–water partition coefficient (Wildman–Crippen LogP) is 0.697. The lowest BCUT2D eigenvalue weighted by Gasteiger charge is -2.06. The summed E-state index contributed by atoms with van der Waals surface area (Å²) in [5.74, 6) is 0.672. The number of nitrogens with one attached hydrogen (secondary N) is 1. The average molecular weight is 280 g/mol. The first-order valence-corrected chi connectivity index (χ1v) is 7.30. The van der Waals surface area contributed by atoms with Gasteiger partial charge in [0.25, 0.3) is 5.91 Å². The summed E-state index contributed by atoms with van der Waals surface area (Å²) in [6, 6.07) is 0. The molecule has 0 atom stereocenters. The molecule has 0 aliphatic heterocycles. The van der Waals surface area contributed by atoms with Crippen molar-refractivity contribution in [1.82, 2.24) is 15.1 Å². The fourth-order valence-corrected chi connectivity index (χ4v) is 2.00. The van der Waals surface area contributed by atoms with Crippen LogP contribution >= 0.6 is 0 Å². The zero-order chi connectivity index (χ0) is 14.4. The largest absolute Gasteiger partial charge is 0.379 e. The highest BCUT2D eigenvalue weighted by Gasteiger charge is 2.21. The van der Waals surface area contributed by atoms with Crippen LogP contribution < -0.4 is 11.1 Å². The maximum Gasteiger partial charge on any atom is 0.254 e. The van der Waals surface area contributed by atoms with Crippen LogP contribution in [0.25, 0.3) is 0 Å². The summed E-state index contributed by atoms with van der Waals surface area (Å²) < 4.78 is 7.31. The highest BCUT2D eigenvalue weighted by atomic mass is 16.5. The second-order valence-corrected chi connectivity index (χ2v) is 5.28. The fourth-order valence-electron chi connectivity index (χ4n) is 2.00. The summed E-state index contributed by atoms with van der Waals surface area (Å²) in [7, 11) is 0. The Morgan fingerprint density at radius 3 is 3.10 bits per heavy atom. The minimum Gasteiger partial charge on any atom is -0.379 e. The van der Waals surface area contributed by atoms with Crippen LogP contribution in [0, 0.1) is 12.8 Å². The molecule has 112 valence electrons. The van der Waals surface area contributed by atoms with E-state index in [9.17, 15) is 4.79 Å². The average Bonchev–Trinajstić information content (AvgIpc) is 3.19. The minimum atomic E-state index is -0.0866. The van der Waals surface area contributed by atoms with Gasteiger partial charge in [0, 0.05) is 25.4 Å². The number of nitrogens with two attached hydrogens (primary N) is 1. The lowest BCUT2D eigenvalue weighted by atomic mass is 10.2. The van der Waals surface area contributed by atoms with Crippen molar-refractivity contribution < 1.29 is 9.53 Å². The van der Waals surface area contributed by atoms with E-state index in [1.807, 2.05) is 11.6 Å². The fraction of sp³-hybridized carbons (Fsp3) is 0.714. The van der Waals surface area contributed by atoms with Gasteiger partial charge in [-0.05, 0) is 38.6 Å². The van der Waals surface area contributed by atoms with Crippen molar-refractivity contribution in [3.8, 4) is 0 Å². The molecule has 1 aliphatic rings. The van der Waals surface area contributed by atoms with Gasteiger partial charge in [0.15, 0.2) is 0 Å². The molecule has 2 rings (SSSR count). The van der Waals surface area contributed by atoms with Gasteiger partial charge in [-0.15, -0.1) is 0 Å². The van der Waals surface area contributed by atoms with Crippen molar-refractivity contribution in [2.45, 2.75) is 32.7 Å². The van der Waals surface area contributed by atoms with Crippen LogP contribution in [-0.2, 0) is 11.3 Å². The smallest absolute Gasteiger partial charge is 0.254 e. The number of nitrogens with zero attached hydrogens (tertiary/aromatic N) is 2. The lowest BCUT2D eigenvalue weighted by Crippen LogP contribution is -2.27. The third-order valence-corrected chi connectivity index (χ3v) is 3.50. The molecule has 1 aromatic rings. The number of ether oxygens (including phenoxy) is 1. The third-order valence-electron chi connectivity index (χ3n) is 3.50. The van der Waals surface area contributed by atoms with Crippen LogP contribution in [0.15, 0.2) is 6.20 Å². The van der Waals surface area contributed by atoms with Crippen molar-refractivity contribution in [1.29, 1.82) is 0 Å². The highest BCUT2D eigenvalue weighted by molar-refractivity contribution is 5.94. The summed E-state index contributed by atoms with van der Waals surface area (Å²) >= 11 is 0. The number of amides is 1. The predicted molar refractivity (Wildman–Crippen MR) is 76.5 cm³/mol. The Labute approximate surface area is 119 Å². The summed E-state index contributed by atoms with van der Waals surface area (Å²) in [5, 5.41) is 7.08. The highest BCUT2D eigenvalue weighted by Crippen LogP contribution is 2.28. The number of carbonyl (C=O) groups is 1. The zero-order valence-electron chi connectivity index (χ0n) is 12.1. The molecule has 1 amide bonds. The molecule has 3 N–H and O–H groups in total. The number of aromatic nitrogens is 2. The van der Waals surface area contributed by atoms with Gasteiger partial charge < -0.3 is 15.8 Å². The van der Waals surface area contributed by atoms with Gasteiger partial charge in [0.2, 0.25) is 0 Å². The van der Waals surface area contributed by atoms with Crippen molar-refractivity contribution in [2.75, 3.05) is 26.3 Å². The molecule has 0 spiro atoms.